The van der Waals surface area contributed by atoms with E-state index in [1.807, 2.05) is 0 Å². The van der Waals surface area contributed by atoms with Crippen LogP contribution in [0.1, 0.15) is 10.4 Å². The molecule has 2 aliphatic heterocycles. The molecule has 148 valence electrons. The monoisotopic (exact) mass is 396 g/mol. The molecule has 2 N–H and O–H groups in total. The predicted octanol–water partition coefficient (Wildman–Crippen LogP) is -1.05. The molecule has 0 unspecified atom stereocenters. The second-order valence-corrected chi connectivity index (χ2v) is 8.50. The van der Waals surface area contributed by atoms with Crippen LogP contribution in [0.2, 0.25) is 0 Å². The molecule has 0 aromatic heterocycles. The molecule has 27 heavy (non-hydrogen) atoms. The van der Waals surface area contributed by atoms with Gasteiger partial charge < -0.3 is 15.4 Å². The second kappa shape index (κ2) is 8.34. The van der Waals surface area contributed by atoms with Crippen molar-refractivity contribution in [3.05, 3.63) is 29.8 Å². The van der Waals surface area contributed by atoms with Crippen LogP contribution < -0.4 is 5.73 Å². The molecular weight excluding hydrogens is 372 g/mol. The number of benzene rings is 1. The highest BCUT2D eigenvalue weighted by molar-refractivity contribution is 7.89. The average Bonchev–Trinajstić information content (AvgIpc) is 2.69. The number of hydrogen-bond acceptors (Lipinski definition) is 6. The summed E-state index contributed by atoms with van der Waals surface area (Å²) in [6.45, 7) is 4.29. The first-order valence-corrected chi connectivity index (χ1v) is 10.3. The predicted molar refractivity (Wildman–Crippen MR) is 97.6 cm³/mol. The summed E-state index contributed by atoms with van der Waals surface area (Å²) in [6.07, 6.45) is 0. The van der Waals surface area contributed by atoms with Crippen LogP contribution in [-0.4, -0.2) is 93.4 Å². The van der Waals surface area contributed by atoms with E-state index in [1.165, 1.54) is 28.6 Å². The summed E-state index contributed by atoms with van der Waals surface area (Å²) in [4.78, 5) is 27.4. The molecule has 1 aromatic carbocycles. The fourth-order valence-electron chi connectivity index (χ4n) is 3.17. The van der Waals surface area contributed by atoms with Gasteiger partial charge in [0.25, 0.3) is 0 Å². The Labute approximate surface area is 158 Å². The fourth-order valence-corrected chi connectivity index (χ4v) is 4.59. The van der Waals surface area contributed by atoms with Crippen molar-refractivity contribution in [2.75, 3.05) is 59.0 Å². The van der Waals surface area contributed by atoms with Crippen LogP contribution in [0.3, 0.4) is 0 Å². The van der Waals surface area contributed by atoms with Crippen molar-refractivity contribution in [3.63, 3.8) is 0 Å². The Balaban J connectivity index is 1.57. The first-order valence-electron chi connectivity index (χ1n) is 8.86. The molecule has 1 aromatic rings. The Morgan fingerprint density at radius 3 is 2.11 bits per heavy atom. The zero-order valence-corrected chi connectivity index (χ0v) is 15.9. The van der Waals surface area contributed by atoms with Crippen LogP contribution in [0, 0.1) is 0 Å². The molecule has 9 nitrogen and oxygen atoms in total. The number of sulfonamides is 1. The van der Waals surface area contributed by atoms with Gasteiger partial charge in [-0.25, -0.2) is 8.42 Å². The van der Waals surface area contributed by atoms with Crippen LogP contribution >= 0.6 is 0 Å². The highest BCUT2D eigenvalue weighted by Crippen LogP contribution is 2.18. The van der Waals surface area contributed by atoms with Crippen molar-refractivity contribution in [1.29, 1.82) is 0 Å². The van der Waals surface area contributed by atoms with Crippen LogP contribution in [0.4, 0.5) is 0 Å². The minimum absolute atomic E-state index is 0.0137. The van der Waals surface area contributed by atoms with E-state index in [0.717, 1.165) is 13.1 Å². The van der Waals surface area contributed by atoms with E-state index in [1.54, 1.807) is 4.90 Å². The number of ether oxygens (including phenoxy) is 1. The quantitative estimate of drug-likeness (QED) is 0.680. The maximum atomic E-state index is 12.7. The largest absolute Gasteiger partial charge is 0.379 e. The third-order valence-electron chi connectivity index (χ3n) is 4.83. The molecule has 2 heterocycles. The summed E-state index contributed by atoms with van der Waals surface area (Å²) in [6, 6.07) is 5.56. The van der Waals surface area contributed by atoms with Crippen molar-refractivity contribution >= 4 is 21.8 Å². The van der Waals surface area contributed by atoms with Gasteiger partial charge in [-0.3, -0.25) is 14.5 Å². The Hall–Kier alpha value is -2.01. The van der Waals surface area contributed by atoms with Gasteiger partial charge >= 0.3 is 0 Å². The lowest BCUT2D eigenvalue weighted by molar-refractivity contribution is -0.134. The number of piperazine rings is 1. The fraction of sp³-hybridized carbons (Fsp3) is 0.529. The van der Waals surface area contributed by atoms with E-state index >= 15 is 0 Å². The highest BCUT2D eigenvalue weighted by atomic mass is 32.2. The number of morpholine rings is 1. The molecule has 0 aliphatic carbocycles. The standard InChI is InChI=1S/C17H24N4O5S/c18-17(23)14-1-3-15(4-2-14)27(24,25)21-7-5-20(6-8-21)16(22)13-19-9-11-26-12-10-19/h1-4H,5-13H2,(H2,18,23). The normalized spacial score (nSPS) is 19.8. The van der Waals surface area contributed by atoms with Crippen molar-refractivity contribution < 1.29 is 22.7 Å². The SMILES string of the molecule is NC(=O)c1ccc(S(=O)(=O)N2CCN(C(=O)CN3CCOCC3)CC2)cc1. The Kier molecular flexibility index (Phi) is 6.10. The average molecular weight is 396 g/mol. The third-order valence-corrected chi connectivity index (χ3v) is 6.74. The summed E-state index contributed by atoms with van der Waals surface area (Å²) < 4.78 is 32.1. The topological polar surface area (TPSA) is 113 Å². The Morgan fingerprint density at radius 1 is 0.963 bits per heavy atom. The lowest BCUT2D eigenvalue weighted by atomic mass is 10.2. The van der Waals surface area contributed by atoms with Gasteiger partial charge in [-0.15, -0.1) is 0 Å². The maximum Gasteiger partial charge on any atom is 0.248 e. The van der Waals surface area contributed by atoms with Gasteiger partial charge in [0, 0.05) is 44.8 Å². The number of rotatable bonds is 5. The minimum atomic E-state index is -3.66. The van der Waals surface area contributed by atoms with E-state index in [9.17, 15) is 18.0 Å². The molecule has 0 spiro atoms. The summed E-state index contributed by atoms with van der Waals surface area (Å²) in [7, 11) is -3.66. The number of carbonyl (C=O) groups excluding carboxylic acids is 2. The van der Waals surface area contributed by atoms with Gasteiger partial charge in [0.05, 0.1) is 24.7 Å². The molecule has 2 fully saturated rings. The van der Waals surface area contributed by atoms with Crippen molar-refractivity contribution in [1.82, 2.24) is 14.1 Å². The van der Waals surface area contributed by atoms with Gasteiger partial charge in [0.2, 0.25) is 21.8 Å². The van der Waals surface area contributed by atoms with Gasteiger partial charge in [0.1, 0.15) is 0 Å². The Morgan fingerprint density at radius 2 is 1.56 bits per heavy atom. The highest BCUT2D eigenvalue weighted by Gasteiger charge is 2.30. The van der Waals surface area contributed by atoms with Gasteiger partial charge in [0.15, 0.2) is 0 Å². The van der Waals surface area contributed by atoms with E-state index in [0.29, 0.717) is 32.8 Å². The number of primary amides is 1. The smallest absolute Gasteiger partial charge is 0.248 e. The van der Waals surface area contributed by atoms with Crippen molar-refractivity contribution in [2.45, 2.75) is 4.90 Å². The lowest BCUT2D eigenvalue weighted by Gasteiger charge is -2.35. The number of hydrogen-bond donors (Lipinski definition) is 1. The lowest BCUT2D eigenvalue weighted by Crippen LogP contribution is -2.53. The van der Waals surface area contributed by atoms with E-state index in [2.05, 4.69) is 4.90 Å². The Bertz CT molecular complexity index is 782. The second-order valence-electron chi connectivity index (χ2n) is 6.56. The maximum absolute atomic E-state index is 12.7. The zero-order valence-electron chi connectivity index (χ0n) is 15.0. The van der Waals surface area contributed by atoms with Crippen LogP contribution in [-0.2, 0) is 19.6 Å². The van der Waals surface area contributed by atoms with Crippen LogP contribution in [0.15, 0.2) is 29.2 Å². The van der Waals surface area contributed by atoms with Crippen molar-refractivity contribution in [2.24, 2.45) is 5.73 Å². The van der Waals surface area contributed by atoms with Crippen LogP contribution in [0.5, 0.6) is 0 Å². The molecule has 0 radical (unpaired) electrons. The third kappa shape index (κ3) is 4.64. The minimum Gasteiger partial charge on any atom is -0.379 e. The van der Waals surface area contributed by atoms with Gasteiger partial charge in [-0.1, -0.05) is 0 Å². The molecule has 10 heteroatoms. The number of carbonyl (C=O) groups is 2. The van der Waals surface area contributed by atoms with E-state index in [-0.39, 0.29) is 29.5 Å². The molecular formula is C17H24N4O5S. The first-order chi connectivity index (χ1) is 12.9. The summed E-state index contributed by atoms with van der Waals surface area (Å²) in [5.41, 5.74) is 5.44. The number of nitrogens with two attached hydrogens (primary N) is 1. The summed E-state index contributed by atoms with van der Waals surface area (Å²) >= 11 is 0. The number of amides is 2. The molecule has 0 saturated carbocycles. The molecule has 2 amide bonds. The molecule has 2 saturated heterocycles. The van der Waals surface area contributed by atoms with Gasteiger partial charge in [-0.2, -0.15) is 4.31 Å². The number of nitrogens with zero attached hydrogens (tertiary/aromatic N) is 3. The van der Waals surface area contributed by atoms with Gasteiger partial charge in [-0.05, 0) is 24.3 Å². The van der Waals surface area contributed by atoms with Crippen molar-refractivity contribution in [3.8, 4) is 0 Å². The van der Waals surface area contributed by atoms with E-state index in [4.69, 9.17) is 10.5 Å². The molecule has 0 atom stereocenters. The molecule has 2 aliphatic rings. The summed E-state index contributed by atoms with van der Waals surface area (Å²) in [5, 5.41) is 0. The van der Waals surface area contributed by atoms with E-state index < -0.39 is 15.9 Å². The molecule has 3 rings (SSSR count). The van der Waals surface area contributed by atoms with Crippen LogP contribution in [0.25, 0.3) is 0 Å². The first kappa shape index (κ1) is 19.7. The zero-order chi connectivity index (χ0) is 19.4. The molecule has 0 bridgehead atoms. The summed E-state index contributed by atoms with van der Waals surface area (Å²) in [5.74, 6) is -0.592.